The number of rotatable bonds is 8. The molecule has 0 bridgehead atoms. The topological polar surface area (TPSA) is 89.4 Å². The molecule has 0 amide bonds. The van der Waals surface area contributed by atoms with Crippen LogP contribution in [0.1, 0.15) is 61.1 Å². The van der Waals surface area contributed by atoms with Gasteiger partial charge in [-0.3, -0.25) is 4.79 Å². The van der Waals surface area contributed by atoms with Crippen LogP contribution in [0.2, 0.25) is 0 Å². The highest BCUT2D eigenvalue weighted by molar-refractivity contribution is 5.75. The first-order valence-corrected chi connectivity index (χ1v) is 14.6. The molecule has 6 heteroatoms. The number of aldehydes is 1. The van der Waals surface area contributed by atoms with Crippen molar-refractivity contribution < 1.29 is 18.7 Å². The van der Waals surface area contributed by atoms with E-state index in [-0.39, 0.29) is 6.61 Å². The smallest absolute Gasteiger partial charge is 0.226 e. The highest BCUT2D eigenvalue weighted by atomic mass is 16.4. The second-order valence-corrected chi connectivity index (χ2v) is 11.0. The van der Waals surface area contributed by atoms with Crippen molar-refractivity contribution in [3.05, 3.63) is 153 Å². The van der Waals surface area contributed by atoms with Gasteiger partial charge in [0.25, 0.3) is 0 Å². The fourth-order valence-electron chi connectivity index (χ4n) is 4.82. The third-order valence-electron chi connectivity index (χ3n) is 7.39. The van der Waals surface area contributed by atoms with Crippen LogP contribution in [0.3, 0.4) is 0 Å². The van der Waals surface area contributed by atoms with Gasteiger partial charge in [0.2, 0.25) is 11.8 Å². The van der Waals surface area contributed by atoms with E-state index in [0.29, 0.717) is 30.2 Å². The number of carbonyl (C=O) groups is 1. The molecule has 2 heterocycles. The van der Waals surface area contributed by atoms with E-state index in [4.69, 9.17) is 8.83 Å². The first kappa shape index (κ1) is 30.4. The summed E-state index contributed by atoms with van der Waals surface area (Å²) < 4.78 is 11.6. The van der Waals surface area contributed by atoms with Gasteiger partial charge >= 0.3 is 0 Å². The Morgan fingerprint density at radius 1 is 0.614 bits per heavy atom. The van der Waals surface area contributed by atoms with Gasteiger partial charge in [-0.25, -0.2) is 9.97 Å². The molecule has 0 fully saturated rings. The molecule has 44 heavy (non-hydrogen) atoms. The number of aromatic nitrogens is 2. The van der Waals surface area contributed by atoms with E-state index in [0.717, 1.165) is 57.0 Å². The molecule has 6 rings (SSSR count). The molecule has 222 valence electrons. The van der Waals surface area contributed by atoms with Gasteiger partial charge in [0.05, 0.1) is 18.0 Å². The van der Waals surface area contributed by atoms with Crippen molar-refractivity contribution in [1.82, 2.24) is 9.97 Å². The molecule has 6 aromatic rings. The van der Waals surface area contributed by atoms with Gasteiger partial charge < -0.3 is 13.9 Å². The van der Waals surface area contributed by atoms with Gasteiger partial charge in [-0.1, -0.05) is 77.9 Å². The predicted octanol–water partition coefficient (Wildman–Crippen LogP) is 8.40. The third-order valence-corrected chi connectivity index (χ3v) is 7.39. The third kappa shape index (κ3) is 7.65. The summed E-state index contributed by atoms with van der Waals surface area (Å²) in [5.74, 6) is 2.95. The maximum atomic E-state index is 10.9. The van der Waals surface area contributed by atoms with Gasteiger partial charge in [0.15, 0.2) is 0 Å². The average Bonchev–Trinajstić information content (AvgIpc) is 3.59. The summed E-state index contributed by atoms with van der Waals surface area (Å²) in [5, 5.41) is 9.22. The Morgan fingerprint density at radius 3 is 1.55 bits per heavy atom. The number of hydrogen-bond donors (Lipinski definition) is 1. The van der Waals surface area contributed by atoms with Crippen LogP contribution in [0, 0.1) is 27.7 Å². The summed E-state index contributed by atoms with van der Waals surface area (Å²) in [7, 11) is 0. The molecular formula is C38H36N2O4. The molecule has 0 saturated heterocycles. The number of aliphatic hydroxyl groups is 1. The van der Waals surface area contributed by atoms with E-state index in [1.54, 1.807) is 6.07 Å². The molecule has 0 aliphatic rings. The monoisotopic (exact) mass is 584 g/mol. The second kappa shape index (κ2) is 13.9. The fraction of sp³-hybridized carbons (Fsp3) is 0.184. The van der Waals surface area contributed by atoms with Crippen LogP contribution < -0.4 is 0 Å². The molecule has 4 aromatic carbocycles. The highest BCUT2D eigenvalue weighted by Gasteiger charge is 2.13. The molecule has 0 spiro atoms. The standard InChI is InChI=1S/C19H19NO2.C19H17NO2/c2*1-13-6-8-17(9-7-13)19-20-18(14(2)22-19)11-15-4-3-5-16(10-15)12-21/h3-10,21H,11-12H2,1-2H3;3-10,12H,11H2,1-2H3. The number of oxazole rings is 2. The largest absolute Gasteiger partial charge is 0.441 e. The minimum Gasteiger partial charge on any atom is -0.441 e. The van der Waals surface area contributed by atoms with E-state index in [2.05, 4.69) is 35.9 Å². The summed E-state index contributed by atoms with van der Waals surface area (Å²) in [5.41, 5.74) is 9.99. The number of aliphatic hydroxyl groups excluding tert-OH is 1. The lowest BCUT2D eigenvalue weighted by molar-refractivity contribution is 0.112. The van der Waals surface area contributed by atoms with Crippen LogP contribution in [0.25, 0.3) is 22.9 Å². The molecule has 0 atom stereocenters. The van der Waals surface area contributed by atoms with Crippen molar-refractivity contribution in [2.45, 2.75) is 47.1 Å². The van der Waals surface area contributed by atoms with Crippen molar-refractivity contribution >= 4 is 6.29 Å². The summed E-state index contributed by atoms with van der Waals surface area (Å²) in [6.45, 7) is 8.03. The van der Waals surface area contributed by atoms with Gasteiger partial charge in [-0.15, -0.1) is 0 Å². The summed E-state index contributed by atoms with van der Waals surface area (Å²) >= 11 is 0. The highest BCUT2D eigenvalue weighted by Crippen LogP contribution is 2.25. The Kier molecular flexibility index (Phi) is 9.62. The molecule has 0 saturated carbocycles. The number of hydrogen-bond acceptors (Lipinski definition) is 6. The number of benzene rings is 4. The first-order chi connectivity index (χ1) is 21.3. The number of nitrogens with zero attached hydrogens (tertiary/aromatic N) is 2. The van der Waals surface area contributed by atoms with E-state index >= 15 is 0 Å². The van der Waals surface area contributed by atoms with Gasteiger partial charge in [0, 0.05) is 29.5 Å². The van der Waals surface area contributed by atoms with Crippen LogP contribution in [-0.4, -0.2) is 21.4 Å². The Balaban J connectivity index is 0.000000175. The van der Waals surface area contributed by atoms with Gasteiger partial charge in [-0.05, 0) is 74.7 Å². The van der Waals surface area contributed by atoms with Crippen LogP contribution in [0.5, 0.6) is 0 Å². The molecule has 0 aliphatic carbocycles. The average molecular weight is 585 g/mol. The summed E-state index contributed by atoms with van der Waals surface area (Å²) in [6, 6.07) is 31.7. The zero-order valence-corrected chi connectivity index (χ0v) is 25.5. The van der Waals surface area contributed by atoms with Crippen LogP contribution in [-0.2, 0) is 19.4 Å². The van der Waals surface area contributed by atoms with Crippen LogP contribution >= 0.6 is 0 Å². The first-order valence-electron chi connectivity index (χ1n) is 14.6. The van der Waals surface area contributed by atoms with E-state index < -0.39 is 0 Å². The van der Waals surface area contributed by atoms with E-state index in [1.807, 2.05) is 92.7 Å². The normalized spacial score (nSPS) is 10.8. The predicted molar refractivity (Wildman–Crippen MR) is 173 cm³/mol. The van der Waals surface area contributed by atoms with Gasteiger partial charge in [0.1, 0.15) is 17.8 Å². The maximum absolute atomic E-state index is 10.9. The zero-order valence-electron chi connectivity index (χ0n) is 25.5. The number of carbonyl (C=O) groups excluding carboxylic acids is 1. The van der Waals surface area contributed by atoms with Crippen molar-refractivity contribution in [2.75, 3.05) is 0 Å². The SMILES string of the molecule is Cc1ccc(-c2nc(Cc3cccc(C=O)c3)c(C)o2)cc1.Cc1ccc(-c2nc(Cc3cccc(CO)c3)c(C)o2)cc1. The minimum absolute atomic E-state index is 0.0558. The fourth-order valence-corrected chi connectivity index (χ4v) is 4.82. The molecular weight excluding hydrogens is 548 g/mol. The van der Waals surface area contributed by atoms with E-state index in [1.165, 1.54) is 11.1 Å². The maximum Gasteiger partial charge on any atom is 0.226 e. The lowest BCUT2D eigenvalue weighted by atomic mass is 10.1. The lowest BCUT2D eigenvalue weighted by Gasteiger charge is -2.01. The molecule has 0 aliphatic heterocycles. The van der Waals surface area contributed by atoms with E-state index in [9.17, 15) is 9.90 Å². The Hall–Kier alpha value is -5.07. The quantitative estimate of drug-likeness (QED) is 0.181. The zero-order chi connectivity index (χ0) is 31.1. The van der Waals surface area contributed by atoms with Crippen molar-refractivity contribution in [3.8, 4) is 22.9 Å². The minimum atomic E-state index is 0.0558. The van der Waals surface area contributed by atoms with Gasteiger partial charge in [-0.2, -0.15) is 0 Å². The Labute approximate surface area is 258 Å². The molecule has 1 N–H and O–H groups in total. The summed E-state index contributed by atoms with van der Waals surface area (Å²) in [6.07, 6.45) is 2.22. The molecule has 0 radical (unpaired) electrons. The van der Waals surface area contributed by atoms with Crippen LogP contribution in [0.4, 0.5) is 0 Å². The lowest BCUT2D eigenvalue weighted by Crippen LogP contribution is -1.93. The molecule has 6 nitrogen and oxygen atoms in total. The second-order valence-electron chi connectivity index (χ2n) is 11.0. The van der Waals surface area contributed by atoms with Crippen molar-refractivity contribution in [3.63, 3.8) is 0 Å². The Bertz CT molecular complexity index is 1850. The van der Waals surface area contributed by atoms with Crippen molar-refractivity contribution in [2.24, 2.45) is 0 Å². The number of aryl methyl sites for hydroxylation is 4. The van der Waals surface area contributed by atoms with Crippen molar-refractivity contribution in [1.29, 1.82) is 0 Å². The molecule has 0 unspecified atom stereocenters. The van der Waals surface area contributed by atoms with Crippen LogP contribution in [0.15, 0.2) is 106 Å². The Morgan fingerprint density at radius 2 is 1.07 bits per heavy atom. The summed E-state index contributed by atoms with van der Waals surface area (Å²) in [4.78, 5) is 20.1. The molecule has 2 aromatic heterocycles.